The molecule has 442 valence electrons. The van der Waals surface area contributed by atoms with Gasteiger partial charge in [0.2, 0.25) is 35.4 Å². The number of likely N-dealkylation sites (N-methyl/N-ethyl adjacent to an activating group) is 2. The van der Waals surface area contributed by atoms with Crippen LogP contribution in [0.25, 0.3) is 0 Å². The summed E-state index contributed by atoms with van der Waals surface area (Å²) in [6.45, 7) is 5.27. The smallest absolute Gasteiger partial charge is 0.245 e. The molecular weight excluding hydrogens is 1050 g/mol. The molecule has 2 fully saturated rings. The van der Waals surface area contributed by atoms with Gasteiger partial charge in [0.15, 0.2) is 11.6 Å². The SMILES string of the molecule is CNC(C)C(=O)NC(CCCCNC(=O)CCCCCCCCC(=O)NCCCCC(NC(=O)C(C)NC)C(=O)N1CCCC1c1cncc(C(=O)c2ccc(F)cc2)c1)C(=O)N1CCCC1c1cncc(C(=O)c2ccc(F)cc2)c1. The first-order valence-corrected chi connectivity index (χ1v) is 29.2. The van der Waals surface area contributed by atoms with Crippen molar-refractivity contribution >= 4 is 47.0 Å². The van der Waals surface area contributed by atoms with E-state index in [0.29, 0.717) is 124 Å². The summed E-state index contributed by atoms with van der Waals surface area (Å²) in [5.41, 5.74) is 2.73. The van der Waals surface area contributed by atoms with Crippen LogP contribution in [0.5, 0.6) is 0 Å². The molecule has 6 rings (SSSR count). The highest BCUT2D eigenvalue weighted by molar-refractivity contribution is 6.09. The quantitative estimate of drug-likeness (QED) is 0.0206. The van der Waals surface area contributed by atoms with Gasteiger partial charge in [0.05, 0.1) is 24.2 Å². The molecule has 6 N–H and O–H groups in total. The lowest BCUT2D eigenvalue weighted by molar-refractivity contribution is -0.138. The zero-order valence-electron chi connectivity index (χ0n) is 47.9. The van der Waals surface area contributed by atoms with Crippen molar-refractivity contribution in [2.75, 3.05) is 40.3 Å². The monoisotopic (exact) mass is 1130 g/mol. The number of rotatable bonds is 33. The standard InChI is InChI=1S/C62H82F2N10O8/c1-41(65-3)59(79)71-51(61(81)73-33-15-19-53(73)45-35-47(39-67-37-45)57(77)43-23-27-49(63)28-24-43)17-11-13-31-69-55(75)21-9-7-5-6-8-10-22-56(76)70-32-14-12-18-52(72-60(80)42(2)66-4)62(82)74-34-16-20-54(74)46-36-48(40-68-38-46)58(78)44-25-29-50(64)30-26-44/h23-30,35-42,51-54,65-66H,5-22,31-34H2,1-4H3,(H,69,75)(H,70,76)(H,71,79)(H,72,80). The lowest BCUT2D eigenvalue weighted by Crippen LogP contribution is -2.52. The van der Waals surface area contributed by atoms with Crippen LogP contribution in [0.2, 0.25) is 0 Å². The Labute approximate surface area is 480 Å². The molecule has 2 aliphatic rings. The second-order valence-corrected chi connectivity index (χ2v) is 21.5. The zero-order chi connectivity index (χ0) is 59.0. The third kappa shape index (κ3) is 19.1. The second kappa shape index (κ2) is 33.0. The molecule has 2 aromatic heterocycles. The molecule has 0 spiro atoms. The highest BCUT2D eigenvalue weighted by Gasteiger charge is 2.37. The molecule has 2 saturated heterocycles. The Kier molecular flexibility index (Phi) is 25.7. The summed E-state index contributed by atoms with van der Waals surface area (Å²) in [6.07, 6.45) is 18.1. The Morgan fingerprint density at radius 3 is 1.27 bits per heavy atom. The maximum atomic E-state index is 14.2. The van der Waals surface area contributed by atoms with E-state index in [4.69, 9.17) is 0 Å². The Hall–Kier alpha value is -7.32. The number of halogens is 2. The molecule has 2 aromatic carbocycles. The van der Waals surface area contributed by atoms with E-state index in [1.807, 2.05) is 0 Å². The van der Waals surface area contributed by atoms with Gasteiger partial charge in [-0.3, -0.25) is 48.3 Å². The van der Waals surface area contributed by atoms with Crippen LogP contribution in [0.1, 0.15) is 184 Å². The summed E-state index contributed by atoms with van der Waals surface area (Å²) in [7, 11) is 3.34. The third-order valence-corrected chi connectivity index (χ3v) is 15.5. The van der Waals surface area contributed by atoms with Crippen molar-refractivity contribution in [3.63, 3.8) is 0 Å². The van der Waals surface area contributed by atoms with E-state index in [2.05, 4.69) is 41.9 Å². The number of likely N-dealkylation sites (tertiary alicyclic amines) is 2. The van der Waals surface area contributed by atoms with Gasteiger partial charge in [0.25, 0.3) is 0 Å². The molecule has 82 heavy (non-hydrogen) atoms. The van der Waals surface area contributed by atoms with Crippen LogP contribution >= 0.6 is 0 Å². The van der Waals surface area contributed by atoms with Gasteiger partial charge in [-0.15, -0.1) is 0 Å². The Balaban J connectivity index is 0.841. The number of hydrogen-bond donors (Lipinski definition) is 6. The van der Waals surface area contributed by atoms with Crippen molar-refractivity contribution in [2.24, 2.45) is 0 Å². The fraction of sp³-hybridized carbons (Fsp3) is 0.516. The Morgan fingerprint density at radius 2 is 0.890 bits per heavy atom. The van der Waals surface area contributed by atoms with Crippen LogP contribution in [0.4, 0.5) is 8.78 Å². The number of nitrogens with zero attached hydrogens (tertiary/aromatic N) is 4. The predicted octanol–water partition coefficient (Wildman–Crippen LogP) is 7.12. The van der Waals surface area contributed by atoms with Crippen molar-refractivity contribution in [1.82, 2.24) is 51.7 Å². The summed E-state index contributed by atoms with van der Waals surface area (Å²) in [5.74, 6) is -2.62. The van der Waals surface area contributed by atoms with Crippen LogP contribution in [0.3, 0.4) is 0 Å². The Morgan fingerprint density at radius 1 is 0.512 bits per heavy atom. The zero-order valence-corrected chi connectivity index (χ0v) is 47.9. The van der Waals surface area contributed by atoms with Crippen molar-refractivity contribution < 1.29 is 47.1 Å². The minimum absolute atomic E-state index is 0.0415. The van der Waals surface area contributed by atoms with Crippen LogP contribution in [0.15, 0.2) is 85.5 Å². The second-order valence-electron chi connectivity index (χ2n) is 21.5. The maximum absolute atomic E-state index is 14.2. The molecule has 4 heterocycles. The number of unbranched alkanes of at least 4 members (excludes halogenated alkanes) is 7. The molecule has 18 nitrogen and oxygen atoms in total. The normalized spacial score (nSPS) is 16.4. The average Bonchev–Trinajstić information content (AvgIpc) is 4.40. The Bertz CT molecular complexity index is 2600. The molecule has 0 aliphatic carbocycles. The highest BCUT2D eigenvalue weighted by Crippen LogP contribution is 2.35. The number of carbonyl (C=O) groups is 8. The average molecular weight is 1130 g/mol. The molecule has 0 radical (unpaired) electrons. The molecule has 6 atom stereocenters. The number of nitrogens with one attached hydrogen (secondary N) is 6. The molecular formula is C62H82F2N10O8. The van der Waals surface area contributed by atoms with E-state index in [-0.39, 0.29) is 59.1 Å². The molecule has 4 aromatic rings. The van der Waals surface area contributed by atoms with Crippen molar-refractivity contribution in [3.8, 4) is 0 Å². The van der Waals surface area contributed by atoms with Crippen LogP contribution in [0, 0.1) is 11.6 Å². The van der Waals surface area contributed by atoms with Crippen LogP contribution < -0.4 is 31.9 Å². The summed E-state index contributed by atoms with van der Waals surface area (Å²) in [4.78, 5) is 118. The fourth-order valence-electron chi connectivity index (χ4n) is 10.4. The lowest BCUT2D eigenvalue weighted by Gasteiger charge is -2.30. The summed E-state index contributed by atoms with van der Waals surface area (Å²) >= 11 is 0. The predicted molar refractivity (Wildman–Crippen MR) is 307 cm³/mol. The number of hydrogen-bond acceptors (Lipinski definition) is 12. The van der Waals surface area contributed by atoms with Gasteiger partial charge >= 0.3 is 0 Å². The number of ketones is 2. The molecule has 20 heteroatoms. The van der Waals surface area contributed by atoms with Gasteiger partial charge in [0, 0.05) is 86.1 Å². The highest BCUT2D eigenvalue weighted by atomic mass is 19.1. The summed E-state index contributed by atoms with van der Waals surface area (Å²) in [5, 5.41) is 17.7. The van der Waals surface area contributed by atoms with Crippen LogP contribution in [-0.2, 0) is 28.8 Å². The molecule has 6 amide bonds. The summed E-state index contributed by atoms with van der Waals surface area (Å²) in [6, 6.07) is 10.8. The van der Waals surface area contributed by atoms with E-state index in [1.165, 1.54) is 60.9 Å². The van der Waals surface area contributed by atoms with E-state index in [1.54, 1.807) is 62.3 Å². The van der Waals surface area contributed by atoms with E-state index >= 15 is 0 Å². The van der Waals surface area contributed by atoms with Gasteiger partial charge < -0.3 is 41.7 Å². The van der Waals surface area contributed by atoms with Crippen molar-refractivity contribution in [2.45, 2.75) is 166 Å². The molecule has 6 unspecified atom stereocenters. The van der Waals surface area contributed by atoms with Gasteiger partial charge in [0.1, 0.15) is 23.7 Å². The van der Waals surface area contributed by atoms with Gasteiger partial charge in [-0.1, -0.05) is 25.7 Å². The van der Waals surface area contributed by atoms with E-state index in [0.717, 1.165) is 51.4 Å². The van der Waals surface area contributed by atoms with Gasteiger partial charge in [-0.25, -0.2) is 8.78 Å². The van der Waals surface area contributed by atoms with Crippen molar-refractivity contribution in [3.05, 3.63) is 130 Å². The number of amides is 6. The maximum Gasteiger partial charge on any atom is 0.245 e. The van der Waals surface area contributed by atoms with E-state index in [9.17, 15) is 47.1 Å². The lowest BCUT2D eigenvalue weighted by atomic mass is 9.99. The number of benzene rings is 2. The van der Waals surface area contributed by atoms with Gasteiger partial charge in [-0.05, 0) is 177 Å². The minimum atomic E-state index is -0.792. The van der Waals surface area contributed by atoms with Gasteiger partial charge in [-0.2, -0.15) is 0 Å². The molecule has 0 bridgehead atoms. The number of carbonyl (C=O) groups excluding carboxylic acids is 8. The third-order valence-electron chi connectivity index (χ3n) is 15.5. The molecule has 0 saturated carbocycles. The fourth-order valence-corrected chi connectivity index (χ4v) is 10.4. The van der Waals surface area contributed by atoms with E-state index < -0.39 is 35.8 Å². The first-order chi connectivity index (χ1) is 39.6. The minimum Gasteiger partial charge on any atom is -0.356 e. The first kappa shape index (κ1) is 63.9. The molecule has 2 aliphatic heterocycles. The number of pyridine rings is 2. The first-order valence-electron chi connectivity index (χ1n) is 29.2. The van der Waals surface area contributed by atoms with Crippen molar-refractivity contribution in [1.29, 1.82) is 0 Å². The largest absolute Gasteiger partial charge is 0.356 e. The number of aromatic nitrogens is 2. The van der Waals surface area contributed by atoms with Crippen LogP contribution in [-0.4, -0.2) is 131 Å². The summed E-state index contributed by atoms with van der Waals surface area (Å²) < 4.78 is 27.0. The topological polar surface area (TPSA) is 241 Å².